The van der Waals surface area contributed by atoms with Gasteiger partial charge in [-0.05, 0) is 36.6 Å². The van der Waals surface area contributed by atoms with Crippen LogP contribution in [0.4, 0.5) is 5.69 Å². The van der Waals surface area contributed by atoms with Crippen LogP contribution in [0.1, 0.15) is 18.9 Å². The molecule has 1 saturated heterocycles. The minimum absolute atomic E-state index is 0.0616. The Bertz CT molecular complexity index is 513. The Morgan fingerprint density at radius 1 is 1.47 bits per heavy atom. The molecular weight excluding hydrogens is 302 g/mol. The SMILES string of the molecule is CCc1cc(Br)ccc1NC1CCS(=O)(=O)C1. The molecule has 1 N–H and O–H groups in total. The summed E-state index contributed by atoms with van der Waals surface area (Å²) >= 11 is 3.44. The van der Waals surface area contributed by atoms with Crippen LogP contribution in [0.5, 0.6) is 0 Å². The van der Waals surface area contributed by atoms with Gasteiger partial charge in [0.2, 0.25) is 0 Å². The van der Waals surface area contributed by atoms with Crippen LogP contribution in [0, 0.1) is 0 Å². The fourth-order valence-corrected chi connectivity index (χ4v) is 4.21. The van der Waals surface area contributed by atoms with Gasteiger partial charge in [0.05, 0.1) is 11.5 Å². The molecule has 1 fully saturated rings. The lowest BCUT2D eigenvalue weighted by Gasteiger charge is -2.16. The largest absolute Gasteiger partial charge is 0.381 e. The van der Waals surface area contributed by atoms with Crippen LogP contribution >= 0.6 is 15.9 Å². The average molecular weight is 318 g/mol. The van der Waals surface area contributed by atoms with E-state index in [1.54, 1.807) is 0 Å². The van der Waals surface area contributed by atoms with Crippen molar-refractivity contribution >= 4 is 31.5 Å². The topological polar surface area (TPSA) is 46.2 Å². The summed E-state index contributed by atoms with van der Waals surface area (Å²) < 4.78 is 23.8. The predicted molar refractivity (Wildman–Crippen MR) is 74.2 cm³/mol. The molecule has 5 heteroatoms. The van der Waals surface area contributed by atoms with E-state index in [2.05, 4.69) is 34.2 Å². The van der Waals surface area contributed by atoms with Crippen LogP contribution in [0.3, 0.4) is 0 Å². The quantitative estimate of drug-likeness (QED) is 0.932. The van der Waals surface area contributed by atoms with Gasteiger partial charge in [-0.3, -0.25) is 0 Å². The van der Waals surface area contributed by atoms with E-state index in [0.29, 0.717) is 12.2 Å². The Morgan fingerprint density at radius 3 is 2.82 bits per heavy atom. The molecule has 1 aromatic rings. The summed E-state index contributed by atoms with van der Waals surface area (Å²) in [4.78, 5) is 0. The molecule has 2 rings (SSSR count). The van der Waals surface area contributed by atoms with E-state index < -0.39 is 9.84 Å². The molecule has 1 atom stereocenters. The second kappa shape index (κ2) is 4.98. The zero-order valence-corrected chi connectivity index (χ0v) is 12.1. The van der Waals surface area contributed by atoms with Crippen LogP contribution in [-0.2, 0) is 16.3 Å². The lowest BCUT2D eigenvalue weighted by Crippen LogP contribution is -2.21. The minimum Gasteiger partial charge on any atom is -0.381 e. The van der Waals surface area contributed by atoms with Crippen LogP contribution in [0.25, 0.3) is 0 Å². The van der Waals surface area contributed by atoms with Gasteiger partial charge < -0.3 is 5.32 Å². The van der Waals surface area contributed by atoms with Gasteiger partial charge in [0.1, 0.15) is 0 Å². The number of benzene rings is 1. The van der Waals surface area contributed by atoms with E-state index in [1.165, 1.54) is 5.56 Å². The summed E-state index contributed by atoms with van der Waals surface area (Å²) in [6, 6.07) is 6.12. The first-order chi connectivity index (χ1) is 8.00. The second-order valence-electron chi connectivity index (χ2n) is 4.40. The molecular formula is C12H16BrNO2S. The van der Waals surface area contributed by atoms with Gasteiger partial charge in [-0.25, -0.2) is 8.42 Å². The number of aryl methyl sites for hydroxylation is 1. The third-order valence-corrected chi connectivity index (χ3v) is 5.30. The van der Waals surface area contributed by atoms with Crippen molar-refractivity contribution in [1.29, 1.82) is 0 Å². The summed E-state index contributed by atoms with van der Waals surface area (Å²) in [5.74, 6) is 0.564. The first kappa shape index (κ1) is 12.9. The van der Waals surface area contributed by atoms with Gasteiger partial charge in [0.15, 0.2) is 9.84 Å². The number of nitrogens with one attached hydrogen (secondary N) is 1. The highest BCUT2D eigenvalue weighted by Gasteiger charge is 2.27. The lowest BCUT2D eigenvalue weighted by molar-refractivity contribution is 0.602. The Morgan fingerprint density at radius 2 is 2.24 bits per heavy atom. The van der Waals surface area contributed by atoms with Crippen LogP contribution in [-0.4, -0.2) is 26.0 Å². The van der Waals surface area contributed by atoms with Gasteiger partial charge >= 0.3 is 0 Å². The average Bonchev–Trinajstić information content (AvgIpc) is 2.61. The first-order valence-corrected chi connectivity index (χ1v) is 8.37. The maximum Gasteiger partial charge on any atom is 0.152 e. The Kier molecular flexibility index (Phi) is 3.78. The van der Waals surface area contributed by atoms with Crippen LogP contribution in [0.15, 0.2) is 22.7 Å². The Balaban J connectivity index is 2.14. The lowest BCUT2D eigenvalue weighted by atomic mass is 10.1. The maximum absolute atomic E-state index is 11.4. The molecule has 17 heavy (non-hydrogen) atoms. The van der Waals surface area contributed by atoms with Gasteiger partial charge in [-0.15, -0.1) is 0 Å². The van der Waals surface area contributed by atoms with E-state index >= 15 is 0 Å². The Hall–Kier alpha value is -0.550. The zero-order valence-electron chi connectivity index (χ0n) is 9.74. The normalized spacial score (nSPS) is 22.6. The molecule has 0 radical (unpaired) electrons. The molecule has 0 saturated carbocycles. The number of sulfone groups is 1. The van der Waals surface area contributed by atoms with Crippen LogP contribution < -0.4 is 5.32 Å². The highest BCUT2D eigenvalue weighted by molar-refractivity contribution is 9.10. The predicted octanol–water partition coefficient (Wildman–Crippen LogP) is 2.61. The molecule has 1 aromatic carbocycles. The van der Waals surface area contributed by atoms with E-state index in [9.17, 15) is 8.42 Å². The molecule has 0 bridgehead atoms. The van der Waals surface area contributed by atoms with Crippen molar-refractivity contribution in [1.82, 2.24) is 0 Å². The smallest absolute Gasteiger partial charge is 0.152 e. The Labute approximate surface area is 111 Å². The molecule has 1 unspecified atom stereocenters. The van der Waals surface area contributed by atoms with Crippen molar-refractivity contribution in [3.05, 3.63) is 28.2 Å². The highest BCUT2D eigenvalue weighted by atomic mass is 79.9. The molecule has 1 aliphatic rings. The van der Waals surface area contributed by atoms with E-state index in [1.807, 2.05) is 12.1 Å². The number of hydrogen-bond donors (Lipinski definition) is 1. The van der Waals surface area contributed by atoms with Crippen molar-refractivity contribution in [2.24, 2.45) is 0 Å². The van der Waals surface area contributed by atoms with Crippen molar-refractivity contribution in [3.63, 3.8) is 0 Å². The number of hydrogen-bond acceptors (Lipinski definition) is 3. The van der Waals surface area contributed by atoms with Crippen molar-refractivity contribution < 1.29 is 8.42 Å². The summed E-state index contributed by atoms with van der Waals surface area (Å²) in [5.41, 5.74) is 2.27. The van der Waals surface area contributed by atoms with Crippen molar-refractivity contribution in [2.45, 2.75) is 25.8 Å². The van der Waals surface area contributed by atoms with Gasteiger partial charge in [0.25, 0.3) is 0 Å². The molecule has 94 valence electrons. The van der Waals surface area contributed by atoms with E-state index in [0.717, 1.165) is 16.6 Å². The monoisotopic (exact) mass is 317 g/mol. The first-order valence-electron chi connectivity index (χ1n) is 5.75. The fourth-order valence-electron chi connectivity index (χ4n) is 2.12. The van der Waals surface area contributed by atoms with Crippen LogP contribution in [0.2, 0.25) is 0 Å². The second-order valence-corrected chi connectivity index (χ2v) is 7.54. The summed E-state index contributed by atoms with van der Waals surface area (Å²) in [7, 11) is -2.82. The van der Waals surface area contributed by atoms with Gasteiger partial charge in [-0.2, -0.15) is 0 Å². The summed E-state index contributed by atoms with van der Waals surface area (Å²) in [6.07, 6.45) is 1.64. The number of halogens is 1. The third-order valence-electron chi connectivity index (χ3n) is 3.04. The summed E-state index contributed by atoms with van der Waals surface area (Å²) in [6.45, 7) is 2.10. The minimum atomic E-state index is -2.82. The molecule has 0 amide bonds. The summed E-state index contributed by atoms with van der Waals surface area (Å²) in [5, 5.41) is 3.34. The third kappa shape index (κ3) is 3.22. The molecule has 1 aliphatic heterocycles. The van der Waals surface area contributed by atoms with Crippen molar-refractivity contribution in [2.75, 3.05) is 16.8 Å². The number of rotatable bonds is 3. The molecule has 1 heterocycles. The van der Waals surface area contributed by atoms with Gasteiger partial charge in [-0.1, -0.05) is 22.9 Å². The zero-order chi connectivity index (χ0) is 12.5. The maximum atomic E-state index is 11.4. The fraction of sp³-hybridized carbons (Fsp3) is 0.500. The van der Waals surface area contributed by atoms with Crippen molar-refractivity contribution in [3.8, 4) is 0 Å². The standard InChI is InChI=1S/C12H16BrNO2S/c1-2-9-7-10(13)3-4-12(9)14-11-5-6-17(15,16)8-11/h3-4,7,11,14H,2,5-6,8H2,1H3. The van der Waals surface area contributed by atoms with E-state index in [-0.39, 0.29) is 11.8 Å². The number of anilines is 1. The highest BCUT2D eigenvalue weighted by Crippen LogP contribution is 2.24. The molecule has 0 spiro atoms. The molecule has 3 nitrogen and oxygen atoms in total. The molecule has 0 aliphatic carbocycles. The molecule has 0 aromatic heterocycles. The van der Waals surface area contributed by atoms with Gasteiger partial charge in [0, 0.05) is 16.2 Å². The van der Waals surface area contributed by atoms with E-state index in [4.69, 9.17) is 0 Å².